The fraction of sp³-hybridized carbons (Fsp3) is 0.316. The first kappa shape index (κ1) is 15.6. The van der Waals surface area contributed by atoms with Crippen molar-refractivity contribution in [3.8, 4) is 5.75 Å². The summed E-state index contributed by atoms with van der Waals surface area (Å²) in [5.74, 6) is 0.0380. The van der Waals surface area contributed by atoms with Crippen LogP contribution in [0.4, 0.5) is 0 Å². The van der Waals surface area contributed by atoms with Crippen molar-refractivity contribution in [2.75, 3.05) is 13.1 Å². The molecule has 23 heavy (non-hydrogen) atoms. The van der Waals surface area contributed by atoms with Gasteiger partial charge in [0, 0.05) is 13.1 Å². The Labute approximate surface area is 136 Å². The normalized spacial score (nSPS) is 18.5. The van der Waals surface area contributed by atoms with Gasteiger partial charge in [-0.1, -0.05) is 30.3 Å². The number of benzene rings is 2. The van der Waals surface area contributed by atoms with Crippen LogP contribution in [0.15, 0.2) is 54.6 Å². The number of hydrogen-bond donors (Lipinski definition) is 1. The first-order valence-electron chi connectivity index (χ1n) is 7.97. The Balaban J connectivity index is 1.57. The van der Waals surface area contributed by atoms with E-state index in [0.717, 1.165) is 43.8 Å². The van der Waals surface area contributed by atoms with Crippen molar-refractivity contribution in [3.05, 3.63) is 65.7 Å². The van der Waals surface area contributed by atoms with Crippen LogP contribution in [0.25, 0.3) is 0 Å². The first-order chi connectivity index (χ1) is 11.2. The molecule has 1 aliphatic heterocycles. The fourth-order valence-electron chi connectivity index (χ4n) is 2.96. The maximum Gasteiger partial charge on any atom is 0.335 e. The van der Waals surface area contributed by atoms with Crippen LogP contribution in [0.3, 0.4) is 0 Å². The zero-order valence-electron chi connectivity index (χ0n) is 13.0. The van der Waals surface area contributed by atoms with Crippen molar-refractivity contribution >= 4 is 5.97 Å². The first-order valence-corrected chi connectivity index (χ1v) is 7.97. The Morgan fingerprint density at radius 1 is 1.13 bits per heavy atom. The summed E-state index contributed by atoms with van der Waals surface area (Å²) in [6, 6.07) is 17.1. The van der Waals surface area contributed by atoms with Crippen LogP contribution >= 0.6 is 0 Å². The zero-order valence-corrected chi connectivity index (χ0v) is 13.0. The molecule has 1 unspecified atom stereocenters. The molecule has 1 heterocycles. The van der Waals surface area contributed by atoms with E-state index in [-0.39, 0.29) is 6.10 Å². The third kappa shape index (κ3) is 4.33. The smallest absolute Gasteiger partial charge is 0.335 e. The summed E-state index contributed by atoms with van der Waals surface area (Å²) in [6.45, 7) is 2.78. The number of aromatic carboxylic acids is 1. The van der Waals surface area contributed by atoms with E-state index in [0.29, 0.717) is 5.56 Å². The summed E-state index contributed by atoms with van der Waals surface area (Å²) in [5, 5.41) is 8.95. The summed E-state index contributed by atoms with van der Waals surface area (Å²) in [5.41, 5.74) is 1.47. The van der Waals surface area contributed by atoms with Gasteiger partial charge < -0.3 is 9.84 Å². The highest BCUT2D eigenvalue weighted by Gasteiger charge is 2.21. The summed E-state index contributed by atoms with van der Waals surface area (Å²) in [6.07, 6.45) is 2.40. The van der Waals surface area contributed by atoms with Crippen molar-refractivity contribution in [3.63, 3.8) is 0 Å². The number of nitrogens with zero attached hydrogens (tertiary/aromatic N) is 1. The fourth-order valence-corrected chi connectivity index (χ4v) is 2.96. The molecule has 0 aliphatic carbocycles. The van der Waals surface area contributed by atoms with E-state index in [9.17, 15) is 4.79 Å². The van der Waals surface area contributed by atoms with Gasteiger partial charge in [0.1, 0.15) is 11.9 Å². The van der Waals surface area contributed by atoms with Crippen molar-refractivity contribution in [2.24, 2.45) is 0 Å². The summed E-state index contributed by atoms with van der Waals surface area (Å²) >= 11 is 0. The van der Waals surface area contributed by atoms with Gasteiger partial charge in [0.2, 0.25) is 0 Å². The van der Waals surface area contributed by atoms with Gasteiger partial charge in [0.05, 0.1) is 5.56 Å². The Morgan fingerprint density at radius 3 is 2.57 bits per heavy atom. The highest BCUT2D eigenvalue weighted by atomic mass is 16.5. The molecule has 1 aliphatic rings. The van der Waals surface area contributed by atoms with Gasteiger partial charge >= 0.3 is 5.97 Å². The summed E-state index contributed by atoms with van der Waals surface area (Å²) < 4.78 is 6.05. The minimum Gasteiger partial charge on any atom is -0.489 e. The molecule has 0 radical (unpaired) electrons. The molecule has 4 nitrogen and oxygen atoms in total. The molecule has 4 heteroatoms. The number of ether oxygens (including phenoxy) is 1. The zero-order chi connectivity index (χ0) is 16.1. The second kappa shape index (κ2) is 7.29. The maximum absolute atomic E-state index is 10.9. The van der Waals surface area contributed by atoms with Crippen LogP contribution in [-0.2, 0) is 6.54 Å². The van der Waals surface area contributed by atoms with Crippen LogP contribution in [-0.4, -0.2) is 35.2 Å². The highest BCUT2D eigenvalue weighted by molar-refractivity contribution is 5.87. The van der Waals surface area contributed by atoms with Crippen molar-refractivity contribution in [1.29, 1.82) is 0 Å². The molecule has 1 fully saturated rings. The number of para-hydroxylation sites is 1. The Kier molecular flexibility index (Phi) is 4.93. The van der Waals surface area contributed by atoms with Gasteiger partial charge in [0.15, 0.2) is 0 Å². The Hall–Kier alpha value is -2.33. The lowest BCUT2D eigenvalue weighted by molar-refractivity contribution is 0.0697. The lowest BCUT2D eigenvalue weighted by Crippen LogP contribution is -2.40. The predicted octanol–water partition coefficient (Wildman–Crippen LogP) is 3.43. The number of likely N-dealkylation sites (tertiary alicyclic amines) is 1. The molecule has 2 aromatic carbocycles. The van der Waals surface area contributed by atoms with Gasteiger partial charge in [0.25, 0.3) is 0 Å². The minimum atomic E-state index is -0.883. The van der Waals surface area contributed by atoms with E-state index in [1.54, 1.807) is 12.1 Å². The second-order valence-corrected chi connectivity index (χ2v) is 5.93. The van der Waals surface area contributed by atoms with Crippen LogP contribution in [0.5, 0.6) is 5.75 Å². The minimum absolute atomic E-state index is 0.212. The van der Waals surface area contributed by atoms with Gasteiger partial charge in [-0.2, -0.15) is 0 Å². The van der Waals surface area contributed by atoms with Crippen LogP contribution in [0.2, 0.25) is 0 Å². The molecule has 0 amide bonds. The summed E-state index contributed by atoms with van der Waals surface area (Å²) in [4.78, 5) is 13.3. The lowest BCUT2D eigenvalue weighted by Gasteiger charge is -2.33. The molecule has 0 aromatic heterocycles. The SMILES string of the molecule is O=C(O)c1ccc(CN2CCCC(Oc3ccccc3)C2)cc1. The molecular formula is C19H21NO3. The lowest BCUT2D eigenvalue weighted by atomic mass is 10.1. The third-order valence-electron chi connectivity index (χ3n) is 4.12. The average Bonchev–Trinajstić information content (AvgIpc) is 2.57. The van der Waals surface area contributed by atoms with Gasteiger partial charge in [-0.05, 0) is 49.2 Å². The number of carboxylic acid groups (broad SMARTS) is 1. The maximum atomic E-state index is 10.9. The largest absolute Gasteiger partial charge is 0.489 e. The van der Waals surface area contributed by atoms with Gasteiger partial charge in [-0.3, -0.25) is 4.90 Å². The molecule has 1 atom stereocenters. The monoisotopic (exact) mass is 311 g/mol. The van der Waals surface area contributed by atoms with Crippen LogP contribution < -0.4 is 4.74 Å². The van der Waals surface area contributed by atoms with E-state index >= 15 is 0 Å². The third-order valence-corrected chi connectivity index (χ3v) is 4.12. The standard InChI is InChI=1S/C19H21NO3/c21-19(22)16-10-8-15(9-11-16)13-20-12-4-7-18(14-20)23-17-5-2-1-3-6-17/h1-3,5-6,8-11,18H,4,7,12-14H2,(H,21,22). The molecule has 0 saturated carbocycles. The van der Waals surface area contributed by atoms with Crippen molar-refractivity contribution in [2.45, 2.75) is 25.5 Å². The van der Waals surface area contributed by atoms with Gasteiger partial charge in [-0.15, -0.1) is 0 Å². The molecule has 120 valence electrons. The van der Waals surface area contributed by atoms with E-state index in [4.69, 9.17) is 9.84 Å². The van der Waals surface area contributed by atoms with Crippen molar-refractivity contribution < 1.29 is 14.6 Å². The molecule has 1 N–H and O–H groups in total. The molecule has 3 rings (SSSR count). The molecule has 0 spiro atoms. The second-order valence-electron chi connectivity index (χ2n) is 5.93. The average molecular weight is 311 g/mol. The molecule has 1 saturated heterocycles. The molecule has 2 aromatic rings. The molecular weight excluding hydrogens is 290 g/mol. The quantitative estimate of drug-likeness (QED) is 0.919. The Bertz CT molecular complexity index is 639. The Morgan fingerprint density at radius 2 is 1.87 bits per heavy atom. The van der Waals surface area contributed by atoms with E-state index in [1.807, 2.05) is 42.5 Å². The van der Waals surface area contributed by atoms with Gasteiger partial charge in [-0.25, -0.2) is 4.79 Å². The summed E-state index contributed by atoms with van der Waals surface area (Å²) in [7, 11) is 0. The number of carboxylic acids is 1. The number of carbonyl (C=O) groups is 1. The van der Waals surface area contributed by atoms with Crippen molar-refractivity contribution in [1.82, 2.24) is 4.90 Å². The highest BCUT2D eigenvalue weighted by Crippen LogP contribution is 2.19. The van der Waals surface area contributed by atoms with Crippen LogP contribution in [0.1, 0.15) is 28.8 Å². The van der Waals surface area contributed by atoms with E-state index in [2.05, 4.69) is 4.90 Å². The van der Waals surface area contributed by atoms with E-state index < -0.39 is 5.97 Å². The van der Waals surface area contributed by atoms with Crippen LogP contribution in [0, 0.1) is 0 Å². The van der Waals surface area contributed by atoms with E-state index in [1.165, 1.54) is 0 Å². The number of hydrogen-bond acceptors (Lipinski definition) is 3. The molecule has 0 bridgehead atoms. The topological polar surface area (TPSA) is 49.8 Å². The number of rotatable bonds is 5. The predicted molar refractivity (Wildman–Crippen MR) is 88.8 cm³/mol. The number of piperidine rings is 1.